The van der Waals surface area contributed by atoms with Crippen molar-refractivity contribution in [3.05, 3.63) is 29.8 Å². The summed E-state index contributed by atoms with van der Waals surface area (Å²) in [5.74, 6) is 1.89. The number of hydrogen-bond donors (Lipinski definition) is 2. The van der Waals surface area contributed by atoms with Gasteiger partial charge in [-0.25, -0.2) is 0 Å². The zero-order valence-corrected chi connectivity index (χ0v) is 12.6. The summed E-state index contributed by atoms with van der Waals surface area (Å²) in [6.07, 6.45) is 2.10. The third kappa shape index (κ3) is 3.30. The van der Waals surface area contributed by atoms with Crippen LogP contribution in [0.1, 0.15) is 23.2 Å². The lowest BCUT2D eigenvalue weighted by Crippen LogP contribution is -2.28. The minimum atomic E-state index is -0.102. The van der Waals surface area contributed by atoms with Gasteiger partial charge < -0.3 is 10.6 Å². The number of carbonyl (C=O) groups excluding carboxylic acids is 2. The summed E-state index contributed by atoms with van der Waals surface area (Å²) < 4.78 is -0.0606. The van der Waals surface area contributed by atoms with E-state index in [0.29, 0.717) is 17.3 Å². The number of anilines is 1. The Balaban J connectivity index is 1.71. The van der Waals surface area contributed by atoms with Crippen LogP contribution in [0, 0.1) is 0 Å². The molecule has 1 aromatic carbocycles. The van der Waals surface area contributed by atoms with Crippen molar-refractivity contribution in [3.63, 3.8) is 0 Å². The van der Waals surface area contributed by atoms with Gasteiger partial charge in [0.15, 0.2) is 0 Å². The summed E-state index contributed by atoms with van der Waals surface area (Å²) in [5.41, 5.74) is 1.14. The lowest BCUT2D eigenvalue weighted by molar-refractivity contribution is -0.114. The Labute approximate surface area is 126 Å². The minimum Gasteiger partial charge on any atom is -0.349 e. The highest BCUT2D eigenvalue weighted by Gasteiger charge is 2.27. The quantitative estimate of drug-likeness (QED) is 0.896. The lowest BCUT2D eigenvalue weighted by Gasteiger charge is -2.13. The van der Waals surface area contributed by atoms with Crippen molar-refractivity contribution in [2.24, 2.45) is 0 Å². The molecule has 1 aliphatic heterocycles. The van der Waals surface area contributed by atoms with Crippen molar-refractivity contribution < 1.29 is 9.59 Å². The molecule has 0 aromatic heterocycles. The van der Waals surface area contributed by atoms with Crippen molar-refractivity contribution in [1.82, 2.24) is 5.32 Å². The van der Waals surface area contributed by atoms with Gasteiger partial charge in [-0.3, -0.25) is 9.59 Å². The molecule has 1 aromatic rings. The largest absolute Gasteiger partial charge is 0.349 e. The van der Waals surface area contributed by atoms with Gasteiger partial charge in [-0.05, 0) is 25.0 Å². The average Bonchev–Trinajstić information content (AvgIpc) is 3.08. The van der Waals surface area contributed by atoms with Crippen molar-refractivity contribution >= 4 is 41.0 Å². The number of thioether (sulfide) groups is 2. The first kappa shape index (κ1) is 13.8. The zero-order chi connectivity index (χ0) is 13.9. The molecule has 106 valence electrons. The second-order valence-electron chi connectivity index (χ2n) is 4.86. The Morgan fingerprint density at radius 3 is 2.50 bits per heavy atom. The van der Waals surface area contributed by atoms with Crippen LogP contribution in [-0.2, 0) is 4.79 Å². The van der Waals surface area contributed by atoms with E-state index in [1.54, 1.807) is 35.7 Å². The van der Waals surface area contributed by atoms with Crippen LogP contribution in [-0.4, -0.2) is 33.9 Å². The second kappa shape index (κ2) is 6.10. The summed E-state index contributed by atoms with van der Waals surface area (Å²) in [5, 5.41) is 5.84. The highest BCUT2D eigenvalue weighted by Crippen LogP contribution is 2.33. The van der Waals surface area contributed by atoms with Crippen LogP contribution in [0.25, 0.3) is 0 Å². The number of benzene rings is 1. The topological polar surface area (TPSA) is 58.2 Å². The molecule has 3 rings (SSSR count). The van der Waals surface area contributed by atoms with Crippen LogP contribution < -0.4 is 10.6 Å². The molecule has 0 unspecified atom stereocenters. The van der Waals surface area contributed by atoms with Gasteiger partial charge in [0, 0.05) is 17.5 Å². The van der Waals surface area contributed by atoms with Crippen LogP contribution in [0.2, 0.25) is 0 Å². The summed E-state index contributed by atoms with van der Waals surface area (Å²) in [7, 11) is 0. The SMILES string of the molecule is O=C(NC1CC1)c1ccccc1NC(=O)C1SCCS1. The number of hydrogen-bond acceptors (Lipinski definition) is 4. The molecule has 0 spiro atoms. The third-order valence-electron chi connectivity index (χ3n) is 3.18. The highest BCUT2D eigenvalue weighted by atomic mass is 32.2. The number of para-hydroxylation sites is 1. The third-order valence-corrected chi connectivity index (χ3v) is 6.17. The predicted molar refractivity (Wildman–Crippen MR) is 84.3 cm³/mol. The monoisotopic (exact) mass is 308 g/mol. The Morgan fingerprint density at radius 1 is 1.10 bits per heavy atom. The molecule has 0 radical (unpaired) electrons. The van der Waals surface area contributed by atoms with E-state index in [1.807, 2.05) is 12.1 Å². The summed E-state index contributed by atoms with van der Waals surface area (Å²) in [6.45, 7) is 0. The molecule has 20 heavy (non-hydrogen) atoms. The number of nitrogens with one attached hydrogen (secondary N) is 2. The number of carbonyl (C=O) groups is 2. The molecular formula is C14H16N2O2S2. The van der Waals surface area contributed by atoms with Crippen LogP contribution in [0.15, 0.2) is 24.3 Å². The first-order chi connectivity index (χ1) is 9.74. The molecule has 2 fully saturated rings. The fraction of sp³-hybridized carbons (Fsp3) is 0.429. The van der Waals surface area contributed by atoms with Crippen LogP contribution >= 0.6 is 23.5 Å². The summed E-state index contributed by atoms with van der Waals surface area (Å²) in [6, 6.07) is 7.49. The minimum absolute atomic E-state index is 0.0239. The van der Waals surface area contributed by atoms with Crippen LogP contribution in [0.3, 0.4) is 0 Å². The van der Waals surface area contributed by atoms with Crippen LogP contribution in [0.4, 0.5) is 5.69 Å². The molecule has 2 aliphatic rings. The predicted octanol–water partition coefficient (Wildman–Crippen LogP) is 2.32. The molecule has 1 aliphatic carbocycles. The first-order valence-corrected chi connectivity index (χ1v) is 8.78. The Morgan fingerprint density at radius 2 is 1.80 bits per heavy atom. The van der Waals surface area contributed by atoms with E-state index in [9.17, 15) is 9.59 Å². The molecule has 1 saturated heterocycles. The van der Waals surface area contributed by atoms with Gasteiger partial charge in [-0.2, -0.15) is 0 Å². The van der Waals surface area contributed by atoms with E-state index in [-0.39, 0.29) is 16.4 Å². The molecule has 0 bridgehead atoms. The second-order valence-corrected chi connectivity index (χ2v) is 7.58. The van der Waals surface area contributed by atoms with Gasteiger partial charge in [-0.1, -0.05) is 12.1 Å². The smallest absolute Gasteiger partial charge is 0.253 e. The molecule has 2 amide bonds. The van der Waals surface area contributed by atoms with Crippen molar-refractivity contribution in [1.29, 1.82) is 0 Å². The molecule has 2 N–H and O–H groups in total. The van der Waals surface area contributed by atoms with Crippen LogP contribution in [0.5, 0.6) is 0 Å². The van der Waals surface area contributed by atoms with Gasteiger partial charge in [0.1, 0.15) is 4.58 Å². The van der Waals surface area contributed by atoms with Gasteiger partial charge in [0.2, 0.25) is 5.91 Å². The molecule has 1 saturated carbocycles. The van der Waals surface area contributed by atoms with Crippen molar-refractivity contribution in [2.75, 3.05) is 16.8 Å². The van der Waals surface area contributed by atoms with Crippen molar-refractivity contribution in [3.8, 4) is 0 Å². The van der Waals surface area contributed by atoms with Gasteiger partial charge in [-0.15, -0.1) is 23.5 Å². The van der Waals surface area contributed by atoms with Crippen molar-refractivity contribution in [2.45, 2.75) is 23.5 Å². The fourth-order valence-corrected chi connectivity index (χ4v) is 4.56. The fourth-order valence-electron chi connectivity index (χ4n) is 1.98. The molecular weight excluding hydrogens is 292 g/mol. The molecule has 6 heteroatoms. The Bertz CT molecular complexity index is 526. The van der Waals surface area contributed by atoms with Gasteiger partial charge >= 0.3 is 0 Å². The Hall–Kier alpha value is -1.14. The molecule has 4 nitrogen and oxygen atoms in total. The van der Waals surface area contributed by atoms with E-state index in [2.05, 4.69) is 10.6 Å². The van der Waals surface area contributed by atoms with Gasteiger partial charge in [0.25, 0.3) is 5.91 Å². The maximum Gasteiger partial charge on any atom is 0.253 e. The molecule has 0 atom stereocenters. The standard InChI is InChI=1S/C14H16N2O2S2/c17-12(15-9-5-6-9)10-3-1-2-4-11(10)16-13(18)14-19-7-8-20-14/h1-4,9,14H,5-8H2,(H,15,17)(H,16,18). The molecule has 1 heterocycles. The lowest BCUT2D eigenvalue weighted by atomic mass is 10.1. The summed E-state index contributed by atoms with van der Waals surface area (Å²) >= 11 is 3.31. The normalized spacial score (nSPS) is 18.8. The maximum atomic E-state index is 12.1. The highest BCUT2D eigenvalue weighted by molar-refractivity contribution is 8.21. The van der Waals surface area contributed by atoms with E-state index >= 15 is 0 Å². The van der Waals surface area contributed by atoms with E-state index in [0.717, 1.165) is 24.3 Å². The van der Waals surface area contributed by atoms with Gasteiger partial charge in [0.05, 0.1) is 11.3 Å². The van der Waals surface area contributed by atoms with E-state index in [4.69, 9.17) is 0 Å². The van der Waals surface area contributed by atoms with E-state index < -0.39 is 0 Å². The zero-order valence-electron chi connectivity index (χ0n) is 10.9. The summed E-state index contributed by atoms with van der Waals surface area (Å²) in [4.78, 5) is 24.3. The Kier molecular flexibility index (Phi) is 4.21. The number of rotatable bonds is 4. The average molecular weight is 308 g/mol. The number of amides is 2. The maximum absolute atomic E-state index is 12.1. The first-order valence-electron chi connectivity index (χ1n) is 6.68. The van der Waals surface area contributed by atoms with E-state index in [1.165, 1.54) is 0 Å².